The molecule has 1 amide bonds. The van der Waals surface area contributed by atoms with E-state index in [0.717, 1.165) is 0 Å². The molecule has 144 valence electrons. The van der Waals surface area contributed by atoms with Gasteiger partial charge in [-0.25, -0.2) is 8.42 Å². The van der Waals surface area contributed by atoms with Crippen LogP contribution in [-0.2, 0) is 24.2 Å². The molecule has 0 radical (unpaired) electrons. The first-order valence-corrected chi connectivity index (χ1v) is 11.2. The third-order valence-corrected chi connectivity index (χ3v) is 6.99. The minimum Gasteiger partial charge on any atom is -0.494 e. The van der Waals surface area contributed by atoms with Crippen molar-refractivity contribution in [1.29, 1.82) is 0 Å². The number of esters is 1. The number of sulfone groups is 1. The summed E-state index contributed by atoms with van der Waals surface area (Å²) in [6.07, 6.45) is -0.393. The number of hydrogen-bond donors (Lipinski definition) is 1. The number of anilines is 1. The van der Waals surface area contributed by atoms with E-state index in [0.29, 0.717) is 24.5 Å². The number of benzene rings is 1. The Hall–Kier alpha value is -1.74. The Bertz CT molecular complexity index is 732. The van der Waals surface area contributed by atoms with Crippen molar-refractivity contribution in [2.45, 2.75) is 31.6 Å². The summed E-state index contributed by atoms with van der Waals surface area (Å²) in [7, 11) is -2.97. The van der Waals surface area contributed by atoms with Gasteiger partial charge >= 0.3 is 5.97 Å². The Morgan fingerprint density at radius 1 is 1.31 bits per heavy atom. The molecule has 2 rings (SSSR count). The lowest BCUT2D eigenvalue weighted by Crippen LogP contribution is -2.30. The topological polar surface area (TPSA) is 98.8 Å². The molecule has 7 nitrogen and oxygen atoms in total. The summed E-state index contributed by atoms with van der Waals surface area (Å²) >= 11 is 1.26. The minimum absolute atomic E-state index is 0.0286. The highest BCUT2D eigenvalue weighted by molar-refractivity contribution is 8.02. The maximum absolute atomic E-state index is 12.1. The third-order valence-electron chi connectivity index (χ3n) is 3.74. The van der Waals surface area contributed by atoms with Gasteiger partial charge < -0.3 is 14.8 Å². The average Bonchev–Trinajstić information content (AvgIpc) is 2.94. The van der Waals surface area contributed by atoms with Crippen LogP contribution in [0.2, 0.25) is 0 Å². The fourth-order valence-corrected chi connectivity index (χ4v) is 5.83. The lowest BCUT2D eigenvalue weighted by atomic mass is 10.3. The van der Waals surface area contributed by atoms with Crippen molar-refractivity contribution in [3.8, 4) is 5.75 Å². The van der Waals surface area contributed by atoms with Crippen molar-refractivity contribution < 1.29 is 27.5 Å². The van der Waals surface area contributed by atoms with Gasteiger partial charge in [0, 0.05) is 10.9 Å². The molecule has 1 aromatic rings. The van der Waals surface area contributed by atoms with E-state index in [9.17, 15) is 18.0 Å². The molecule has 1 fully saturated rings. The number of ether oxygens (including phenoxy) is 2. The van der Waals surface area contributed by atoms with Gasteiger partial charge in [0.05, 0.1) is 23.9 Å². The second kappa shape index (κ2) is 9.27. The second-order valence-electron chi connectivity index (χ2n) is 5.91. The Kier molecular flexibility index (Phi) is 7.33. The van der Waals surface area contributed by atoms with E-state index in [1.54, 1.807) is 24.3 Å². The van der Waals surface area contributed by atoms with Crippen LogP contribution in [0.3, 0.4) is 0 Å². The van der Waals surface area contributed by atoms with Crippen molar-refractivity contribution in [3.63, 3.8) is 0 Å². The summed E-state index contributed by atoms with van der Waals surface area (Å²) in [5.74, 6) is 0.0285. The number of carbonyl (C=O) groups is 2. The molecule has 26 heavy (non-hydrogen) atoms. The van der Waals surface area contributed by atoms with Gasteiger partial charge in [0.2, 0.25) is 0 Å². The Morgan fingerprint density at radius 3 is 2.58 bits per heavy atom. The zero-order valence-electron chi connectivity index (χ0n) is 14.8. The largest absolute Gasteiger partial charge is 0.494 e. The van der Waals surface area contributed by atoms with Gasteiger partial charge in [-0.2, -0.15) is 0 Å². The molecule has 9 heteroatoms. The molecule has 1 saturated heterocycles. The molecule has 1 aromatic carbocycles. The first-order chi connectivity index (χ1) is 12.3. The van der Waals surface area contributed by atoms with Crippen LogP contribution >= 0.6 is 11.8 Å². The van der Waals surface area contributed by atoms with E-state index < -0.39 is 27.8 Å². The summed E-state index contributed by atoms with van der Waals surface area (Å²) in [6.45, 7) is 3.94. The second-order valence-corrected chi connectivity index (χ2v) is 9.43. The molecule has 1 N–H and O–H groups in total. The summed E-state index contributed by atoms with van der Waals surface area (Å²) in [4.78, 5) is 24.0. The Labute approximate surface area is 157 Å². The highest BCUT2D eigenvalue weighted by Gasteiger charge is 2.29. The van der Waals surface area contributed by atoms with Gasteiger partial charge in [-0.1, -0.05) is 0 Å². The van der Waals surface area contributed by atoms with Crippen LogP contribution in [-0.4, -0.2) is 55.5 Å². The SMILES string of the molecule is CCOc1ccc(NC(=O)[C@H](C)OC(=O)CS[C@@H]2CCS(=O)(=O)C2)cc1. The van der Waals surface area contributed by atoms with Crippen LogP contribution in [0.4, 0.5) is 5.69 Å². The van der Waals surface area contributed by atoms with E-state index in [1.807, 2.05) is 6.92 Å². The lowest BCUT2D eigenvalue weighted by Gasteiger charge is -2.14. The van der Waals surface area contributed by atoms with Crippen molar-refractivity contribution in [3.05, 3.63) is 24.3 Å². The molecule has 1 aliphatic rings. The van der Waals surface area contributed by atoms with Crippen LogP contribution in [0.15, 0.2) is 24.3 Å². The third kappa shape index (κ3) is 6.53. The van der Waals surface area contributed by atoms with Crippen LogP contribution in [0.25, 0.3) is 0 Å². The number of carbonyl (C=O) groups excluding carboxylic acids is 2. The number of nitrogens with one attached hydrogen (secondary N) is 1. The Morgan fingerprint density at radius 2 is 2.00 bits per heavy atom. The number of thioether (sulfide) groups is 1. The average molecular weight is 402 g/mol. The summed E-state index contributed by atoms with van der Waals surface area (Å²) < 4.78 is 33.2. The molecule has 1 heterocycles. The van der Waals surface area contributed by atoms with Crippen molar-refractivity contribution in [1.82, 2.24) is 0 Å². The highest BCUT2D eigenvalue weighted by Crippen LogP contribution is 2.24. The van der Waals surface area contributed by atoms with Gasteiger partial charge in [0.15, 0.2) is 15.9 Å². The fourth-order valence-electron chi connectivity index (χ4n) is 2.41. The molecule has 0 aliphatic carbocycles. The van der Waals surface area contributed by atoms with Gasteiger partial charge in [0.25, 0.3) is 5.91 Å². The van der Waals surface area contributed by atoms with E-state index >= 15 is 0 Å². The quantitative estimate of drug-likeness (QED) is 0.664. The molecule has 0 unspecified atom stereocenters. The van der Waals surface area contributed by atoms with Crippen molar-refractivity contribution in [2.24, 2.45) is 0 Å². The maximum atomic E-state index is 12.1. The smallest absolute Gasteiger partial charge is 0.316 e. The molecule has 0 saturated carbocycles. The van der Waals surface area contributed by atoms with E-state index in [4.69, 9.17) is 9.47 Å². The molecule has 1 aliphatic heterocycles. The van der Waals surface area contributed by atoms with Gasteiger partial charge in [-0.3, -0.25) is 9.59 Å². The molecule has 0 aromatic heterocycles. The summed E-state index contributed by atoms with van der Waals surface area (Å²) in [6, 6.07) is 6.88. The van der Waals surface area contributed by atoms with Gasteiger partial charge in [0.1, 0.15) is 5.75 Å². The van der Waals surface area contributed by atoms with Crippen molar-refractivity contribution in [2.75, 3.05) is 29.2 Å². The molecular formula is C17H23NO6S2. The first kappa shape index (κ1) is 20.6. The van der Waals surface area contributed by atoms with E-state index in [1.165, 1.54) is 18.7 Å². The lowest BCUT2D eigenvalue weighted by molar-refractivity contribution is -0.150. The number of rotatable bonds is 8. The fraction of sp³-hybridized carbons (Fsp3) is 0.529. The Balaban J connectivity index is 1.74. The number of amides is 1. The molecule has 0 bridgehead atoms. The standard InChI is InChI=1S/C17H23NO6S2/c1-3-23-14-6-4-13(5-7-14)18-17(20)12(2)24-16(19)10-25-15-8-9-26(21,22)11-15/h4-7,12,15H,3,8-11H2,1-2H3,(H,18,20)/t12-,15+/m0/s1. The minimum atomic E-state index is -2.97. The molecule has 2 atom stereocenters. The number of hydrogen-bond acceptors (Lipinski definition) is 7. The maximum Gasteiger partial charge on any atom is 0.316 e. The van der Waals surface area contributed by atoms with Crippen LogP contribution < -0.4 is 10.1 Å². The zero-order valence-corrected chi connectivity index (χ0v) is 16.4. The van der Waals surface area contributed by atoms with Gasteiger partial charge in [-0.05, 0) is 44.5 Å². The summed E-state index contributed by atoms with van der Waals surface area (Å²) in [5, 5.41) is 2.58. The monoisotopic (exact) mass is 401 g/mol. The van der Waals surface area contributed by atoms with Crippen LogP contribution in [0, 0.1) is 0 Å². The predicted octanol–water partition coefficient (Wildman–Crippen LogP) is 1.88. The highest BCUT2D eigenvalue weighted by atomic mass is 32.2. The van der Waals surface area contributed by atoms with Crippen molar-refractivity contribution >= 4 is 39.2 Å². The molecule has 0 spiro atoms. The zero-order chi connectivity index (χ0) is 19.2. The summed E-state index contributed by atoms with van der Waals surface area (Å²) in [5.41, 5.74) is 0.576. The molecular weight excluding hydrogens is 378 g/mol. The van der Waals surface area contributed by atoms with Crippen LogP contribution in [0.5, 0.6) is 5.75 Å². The van der Waals surface area contributed by atoms with E-state index in [2.05, 4.69) is 5.32 Å². The first-order valence-electron chi connectivity index (χ1n) is 8.34. The van der Waals surface area contributed by atoms with Crippen LogP contribution in [0.1, 0.15) is 20.3 Å². The van der Waals surface area contributed by atoms with Gasteiger partial charge in [-0.15, -0.1) is 11.8 Å². The normalized spacial score (nSPS) is 19.5. The van der Waals surface area contributed by atoms with E-state index in [-0.39, 0.29) is 22.5 Å². The predicted molar refractivity (Wildman–Crippen MR) is 101 cm³/mol.